The van der Waals surface area contributed by atoms with E-state index in [1.54, 1.807) is 7.11 Å². The maximum atomic E-state index is 12.2. The first kappa shape index (κ1) is 16.5. The van der Waals surface area contributed by atoms with E-state index < -0.39 is 0 Å². The van der Waals surface area contributed by atoms with Crippen molar-refractivity contribution in [1.29, 1.82) is 0 Å². The average molecular weight is 340 g/mol. The first-order valence-corrected chi connectivity index (χ1v) is 7.25. The molecular weight excluding hydrogens is 325 g/mol. The van der Waals surface area contributed by atoms with Crippen molar-refractivity contribution in [1.82, 2.24) is 5.32 Å². The molecule has 0 aliphatic carbocycles. The van der Waals surface area contributed by atoms with Gasteiger partial charge in [0.2, 0.25) is 0 Å². The van der Waals surface area contributed by atoms with Crippen LogP contribution in [0.25, 0.3) is 0 Å². The van der Waals surface area contributed by atoms with Gasteiger partial charge in [0.25, 0.3) is 5.91 Å². The molecule has 116 valence electrons. The number of rotatable bonds is 5. The molecule has 0 fully saturated rings. The number of halogens is 2. The van der Waals surface area contributed by atoms with E-state index in [1.165, 1.54) is 19.2 Å². The minimum Gasteiger partial charge on any atom is -0.497 e. The molecule has 0 saturated heterocycles. The molecular formula is C16H15Cl2NO3. The molecule has 1 N–H and O–H groups in total. The molecule has 2 aromatic rings. The number of carbonyl (C=O) groups excluding carboxylic acids is 1. The van der Waals surface area contributed by atoms with Crippen molar-refractivity contribution < 1.29 is 14.3 Å². The fourth-order valence-electron chi connectivity index (χ4n) is 1.95. The molecule has 6 heteroatoms. The lowest BCUT2D eigenvalue weighted by atomic mass is 10.1. The van der Waals surface area contributed by atoms with Crippen LogP contribution in [0.2, 0.25) is 10.0 Å². The highest BCUT2D eigenvalue weighted by Gasteiger charge is 2.13. The lowest BCUT2D eigenvalue weighted by Gasteiger charge is -2.10. The van der Waals surface area contributed by atoms with Crippen molar-refractivity contribution in [3.63, 3.8) is 0 Å². The molecule has 0 radical (unpaired) electrons. The van der Waals surface area contributed by atoms with Crippen LogP contribution in [0.1, 0.15) is 15.9 Å². The third kappa shape index (κ3) is 3.84. The Labute approximate surface area is 138 Å². The van der Waals surface area contributed by atoms with Crippen LogP contribution < -0.4 is 14.8 Å². The quantitative estimate of drug-likeness (QED) is 0.897. The number of hydrogen-bond acceptors (Lipinski definition) is 3. The van der Waals surface area contributed by atoms with E-state index in [2.05, 4.69) is 5.32 Å². The molecule has 1 amide bonds. The van der Waals surface area contributed by atoms with Crippen molar-refractivity contribution in [2.24, 2.45) is 0 Å². The summed E-state index contributed by atoms with van der Waals surface area (Å²) < 4.78 is 10.2. The number of amides is 1. The largest absolute Gasteiger partial charge is 0.497 e. The Kier molecular flexibility index (Phi) is 5.52. The van der Waals surface area contributed by atoms with Gasteiger partial charge in [-0.25, -0.2) is 0 Å². The van der Waals surface area contributed by atoms with Crippen molar-refractivity contribution in [3.8, 4) is 11.5 Å². The monoisotopic (exact) mass is 339 g/mol. The second-order valence-electron chi connectivity index (χ2n) is 4.51. The smallest absolute Gasteiger partial charge is 0.251 e. The van der Waals surface area contributed by atoms with E-state index in [-0.39, 0.29) is 5.91 Å². The van der Waals surface area contributed by atoms with Crippen molar-refractivity contribution in [2.45, 2.75) is 6.54 Å². The fourth-order valence-corrected chi connectivity index (χ4v) is 2.59. The van der Waals surface area contributed by atoms with Crippen LogP contribution in [0, 0.1) is 0 Å². The normalized spacial score (nSPS) is 10.2. The maximum Gasteiger partial charge on any atom is 0.251 e. The molecule has 0 heterocycles. The summed E-state index contributed by atoms with van der Waals surface area (Å²) in [5, 5.41) is 3.39. The Morgan fingerprint density at radius 1 is 1.09 bits per heavy atom. The van der Waals surface area contributed by atoms with Crippen LogP contribution in [0.15, 0.2) is 36.4 Å². The predicted octanol–water partition coefficient (Wildman–Crippen LogP) is 3.94. The van der Waals surface area contributed by atoms with Gasteiger partial charge in [-0.2, -0.15) is 0 Å². The summed E-state index contributed by atoms with van der Waals surface area (Å²) in [7, 11) is 3.06. The molecule has 0 aromatic heterocycles. The molecule has 2 rings (SSSR count). The minimum absolute atomic E-state index is 0.269. The van der Waals surface area contributed by atoms with E-state index in [4.69, 9.17) is 32.7 Å². The summed E-state index contributed by atoms with van der Waals surface area (Å²) >= 11 is 12.1. The highest BCUT2D eigenvalue weighted by Crippen LogP contribution is 2.33. The fraction of sp³-hybridized carbons (Fsp3) is 0.188. The highest BCUT2D eigenvalue weighted by molar-refractivity contribution is 6.37. The number of methoxy groups -OCH3 is 2. The SMILES string of the molecule is COc1cccc(CNC(=O)c2cc(Cl)c(OC)c(Cl)c2)c1. The van der Waals surface area contributed by atoms with Gasteiger partial charge in [0.15, 0.2) is 5.75 Å². The molecule has 0 atom stereocenters. The predicted molar refractivity (Wildman–Crippen MR) is 87.2 cm³/mol. The van der Waals surface area contributed by atoms with Crippen LogP contribution in [-0.2, 0) is 6.54 Å². The Balaban J connectivity index is 2.09. The zero-order chi connectivity index (χ0) is 16.1. The average Bonchev–Trinajstić information content (AvgIpc) is 2.52. The van der Waals surface area contributed by atoms with Crippen LogP contribution in [0.4, 0.5) is 0 Å². The highest BCUT2D eigenvalue weighted by atomic mass is 35.5. The third-order valence-electron chi connectivity index (χ3n) is 3.05. The van der Waals surface area contributed by atoms with Crippen molar-refractivity contribution >= 4 is 29.1 Å². The van der Waals surface area contributed by atoms with E-state index >= 15 is 0 Å². The molecule has 22 heavy (non-hydrogen) atoms. The van der Waals surface area contributed by atoms with Gasteiger partial charge in [-0.1, -0.05) is 35.3 Å². The molecule has 2 aromatic carbocycles. The molecule has 4 nitrogen and oxygen atoms in total. The van der Waals surface area contributed by atoms with Gasteiger partial charge in [-0.15, -0.1) is 0 Å². The van der Waals surface area contributed by atoms with Crippen molar-refractivity contribution in [2.75, 3.05) is 14.2 Å². The number of benzene rings is 2. The minimum atomic E-state index is -0.269. The van der Waals surface area contributed by atoms with Crippen molar-refractivity contribution in [3.05, 3.63) is 57.6 Å². The number of ether oxygens (including phenoxy) is 2. The summed E-state index contributed by atoms with van der Waals surface area (Å²) in [4.78, 5) is 12.2. The maximum absolute atomic E-state index is 12.2. The summed E-state index contributed by atoms with van der Waals surface area (Å²) in [6, 6.07) is 10.5. The van der Waals surface area contributed by atoms with E-state index in [0.29, 0.717) is 27.9 Å². The molecule has 0 aliphatic rings. The Bertz CT molecular complexity index is 666. The van der Waals surface area contributed by atoms with Gasteiger partial charge < -0.3 is 14.8 Å². The van der Waals surface area contributed by atoms with Gasteiger partial charge in [-0.3, -0.25) is 4.79 Å². The lowest BCUT2D eigenvalue weighted by Crippen LogP contribution is -2.22. The standard InChI is InChI=1S/C16H15Cl2NO3/c1-21-12-5-3-4-10(6-12)9-19-16(20)11-7-13(17)15(22-2)14(18)8-11/h3-8H,9H2,1-2H3,(H,19,20). The summed E-state index contributed by atoms with van der Waals surface area (Å²) in [6.45, 7) is 0.372. The van der Waals surface area contributed by atoms with Crippen LogP contribution in [-0.4, -0.2) is 20.1 Å². The number of carbonyl (C=O) groups is 1. The van der Waals surface area contributed by atoms with Gasteiger partial charge in [0.1, 0.15) is 5.75 Å². The van der Waals surface area contributed by atoms with E-state index in [9.17, 15) is 4.79 Å². The zero-order valence-electron chi connectivity index (χ0n) is 12.2. The van der Waals surface area contributed by atoms with Crippen LogP contribution in [0.5, 0.6) is 11.5 Å². The summed E-state index contributed by atoms with van der Waals surface area (Å²) in [5.41, 5.74) is 1.30. The van der Waals surface area contributed by atoms with Crippen LogP contribution in [0.3, 0.4) is 0 Å². The molecule has 0 bridgehead atoms. The zero-order valence-corrected chi connectivity index (χ0v) is 13.7. The van der Waals surface area contributed by atoms with Gasteiger partial charge in [0.05, 0.1) is 24.3 Å². The second kappa shape index (κ2) is 7.38. The lowest BCUT2D eigenvalue weighted by molar-refractivity contribution is 0.0951. The molecule has 0 unspecified atom stereocenters. The summed E-state index contributed by atoms with van der Waals surface area (Å²) in [5.74, 6) is 0.823. The number of nitrogens with one attached hydrogen (secondary N) is 1. The van der Waals surface area contributed by atoms with Gasteiger partial charge >= 0.3 is 0 Å². The molecule has 0 saturated carbocycles. The first-order chi connectivity index (χ1) is 10.5. The van der Waals surface area contributed by atoms with E-state index in [0.717, 1.165) is 11.3 Å². The van der Waals surface area contributed by atoms with E-state index in [1.807, 2.05) is 24.3 Å². The molecule has 0 spiro atoms. The second-order valence-corrected chi connectivity index (χ2v) is 5.32. The topological polar surface area (TPSA) is 47.6 Å². The Hall–Kier alpha value is -1.91. The Morgan fingerprint density at radius 2 is 1.77 bits per heavy atom. The molecule has 0 aliphatic heterocycles. The van der Waals surface area contributed by atoms with Crippen LogP contribution >= 0.6 is 23.2 Å². The summed E-state index contributed by atoms with van der Waals surface area (Å²) in [6.07, 6.45) is 0. The van der Waals surface area contributed by atoms with Gasteiger partial charge in [0, 0.05) is 12.1 Å². The Morgan fingerprint density at radius 3 is 2.36 bits per heavy atom. The number of hydrogen-bond donors (Lipinski definition) is 1. The third-order valence-corrected chi connectivity index (χ3v) is 3.61. The van der Waals surface area contributed by atoms with Gasteiger partial charge in [-0.05, 0) is 29.8 Å². The first-order valence-electron chi connectivity index (χ1n) is 6.49.